The molecule has 0 unspecified atom stereocenters. The molecule has 0 spiro atoms. The number of amides is 1. The molecule has 2 aromatic carbocycles. The van der Waals surface area contributed by atoms with Crippen LogP contribution in [0.15, 0.2) is 60.7 Å². The first-order valence-electron chi connectivity index (χ1n) is 9.27. The maximum atomic E-state index is 12.9. The van der Waals surface area contributed by atoms with Gasteiger partial charge in [0.05, 0.1) is 16.8 Å². The van der Waals surface area contributed by atoms with Crippen molar-refractivity contribution in [1.29, 1.82) is 0 Å². The van der Waals surface area contributed by atoms with Crippen molar-refractivity contribution < 1.29 is 4.79 Å². The number of nitrogens with one attached hydrogen (secondary N) is 1. The molecule has 4 heteroatoms. The van der Waals surface area contributed by atoms with E-state index in [4.69, 9.17) is 4.98 Å². The van der Waals surface area contributed by atoms with Gasteiger partial charge < -0.3 is 10.2 Å². The molecule has 0 aliphatic carbocycles. The summed E-state index contributed by atoms with van der Waals surface area (Å²) in [5.41, 5.74) is 3.38. The highest BCUT2D eigenvalue weighted by molar-refractivity contribution is 6.07. The fraction of sp³-hybridized carbons (Fsp3) is 0.273. The van der Waals surface area contributed by atoms with Crippen LogP contribution >= 0.6 is 0 Å². The first-order chi connectivity index (χ1) is 12.8. The van der Waals surface area contributed by atoms with E-state index in [-0.39, 0.29) is 5.91 Å². The van der Waals surface area contributed by atoms with E-state index in [1.54, 1.807) is 0 Å². The van der Waals surface area contributed by atoms with Crippen molar-refractivity contribution in [3.8, 4) is 11.3 Å². The molecule has 0 bridgehead atoms. The summed E-state index contributed by atoms with van der Waals surface area (Å²) >= 11 is 0. The van der Waals surface area contributed by atoms with Crippen LogP contribution < -0.4 is 5.32 Å². The molecule has 1 saturated heterocycles. The number of benzene rings is 2. The Morgan fingerprint density at radius 3 is 2.54 bits per heavy atom. The van der Waals surface area contributed by atoms with Gasteiger partial charge in [0, 0.05) is 24.0 Å². The second kappa shape index (κ2) is 7.67. The molecule has 1 amide bonds. The average molecular weight is 345 g/mol. The number of aromatic nitrogens is 1. The van der Waals surface area contributed by atoms with Gasteiger partial charge in [-0.3, -0.25) is 4.79 Å². The Morgan fingerprint density at radius 1 is 1.00 bits per heavy atom. The SMILES string of the molecule is O=C(NCCN1CCCC1)c1cc(-c2ccccc2)nc2ccccc12. The number of hydrogen-bond donors (Lipinski definition) is 1. The third kappa shape index (κ3) is 3.60. The fourth-order valence-electron chi connectivity index (χ4n) is 3.55. The Hall–Kier alpha value is -2.72. The van der Waals surface area contributed by atoms with Crippen molar-refractivity contribution in [2.75, 3.05) is 26.2 Å². The highest BCUT2D eigenvalue weighted by Gasteiger charge is 2.15. The zero-order valence-corrected chi connectivity index (χ0v) is 14.8. The quantitative estimate of drug-likeness (QED) is 0.766. The Bertz CT molecular complexity index is 902. The molecule has 0 radical (unpaired) electrons. The van der Waals surface area contributed by atoms with Gasteiger partial charge in [-0.05, 0) is 38.1 Å². The van der Waals surface area contributed by atoms with Crippen molar-refractivity contribution in [2.45, 2.75) is 12.8 Å². The summed E-state index contributed by atoms with van der Waals surface area (Å²) in [6.07, 6.45) is 2.53. The molecule has 1 aromatic heterocycles. The van der Waals surface area contributed by atoms with Gasteiger partial charge in [-0.1, -0.05) is 48.5 Å². The Kier molecular flexibility index (Phi) is 4.93. The first-order valence-corrected chi connectivity index (χ1v) is 9.27. The van der Waals surface area contributed by atoms with Gasteiger partial charge >= 0.3 is 0 Å². The largest absolute Gasteiger partial charge is 0.351 e. The predicted octanol–water partition coefficient (Wildman–Crippen LogP) is 3.73. The van der Waals surface area contributed by atoms with E-state index in [9.17, 15) is 4.79 Å². The van der Waals surface area contributed by atoms with Crippen LogP contribution in [0.5, 0.6) is 0 Å². The van der Waals surface area contributed by atoms with E-state index < -0.39 is 0 Å². The lowest BCUT2D eigenvalue weighted by molar-refractivity contribution is 0.0951. The van der Waals surface area contributed by atoms with Crippen LogP contribution in [0.3, 0.4) is 0 Å². The molecule has 1 aliphatic heterocycles. The van der Waals surface area contributed by atoms with Crippen molar-refractivity contribution in [1.82, 2.24) is 15.2 Å². The smallest absolute Gasteiger partial charge is 0.252 e. The lowest BCUT2D eigenvalue weighted by atomic mass is 10.0. The van der Waals surface area contributed by atoms with Gasteiger partial charge in [0.25, 0.3) is 5.91 Å². The number of carbonyl (C=O) groups excluding carboxylic acids is 1. The third-order valence-corrected chi connectivity index (χ3v) is 4.94. The molecule has 0 saturated carbocycles. The Labute approximate surface area is 153 Å². The summed E-state index contributed by atoms with van der Waals surface area (Å²) in [4.78, 5) is 20.0. The van der Waals surface area contributed by atoms with Crippen molar-refractivity contribution >= 4 is 16.8 Å². The standard InChI is InChI=1S/C22H23N3O/c26-22(23-12-15-25-13-6-7-14-25)19-16-21(17-8-2-1-3-9-17)24-20-11-5-4-10-18(19)20/h1-5,8-11,16H,6-7,12-15H2,(H,23,26). The van der Waals surface area contributed by atoms with E-state index >= 15 is 0 Å². The number of pyridine rings is 1. The summed E-state index contributed by atoms with van der Waals surface area (Å²) in [6.45, 7) is 3.88. The second-order valence-electron chi connectivity index (χ2n) is 6.74. The van der Waals surface area contributed by atoms with Crippen LogP contribution in [0.2, 0.25) is 0 Å². The molecule has 3 aromatic rings. The number of fused-ring (bicyclic) bond motifs is 1. The number of hydrogen-bond acceptors (Lipinski definition) is 3. The van der Waals surface area contributed by atoms with Crippen molar-refractivity contribution in [3.05, 3.63) is 66.2 Å². The molecule has 4 nitrogen and oxygen atoms in total. The molecule has 26 heavy (non-hydrogen) atoms. The molecule has 1 fully saturated rings. The molecule has 1 aliphatic rings. The minimum Gasteiger partial charge on any atom is -0.351 e. The molecular weight excluding hydrogens is 322 g/mol. The average Bonchev–Trinajstić information content (AvgIpc) is 3.21. The molecular formula is C22H23N3O. The minimum absolute atomic E-state index is 0.0278. The van der Waals surface area contributed by atoms with Gasteiger partial charge in [0.2, 0.25) is 0 Å². The predicted molar refractivity (Wildman–Crippen MR) is 105 cm³/mol. The topological polar surface area (TPSA) is 45.2 Å². The molecule has 1 N–H and O–H groups in total. The van der Waals surface area contributed by atoms with Crippen molar-refractivity contribution in [3.63, 3.8) is 0 Å². The molecule has 132 valence electrons. The van der Waals surface area contributed by atoms with Crippen LogP contribution in [0.1, 0.15) is 23.2 Å². The summed E-state index contributed by atoms with van der Waals surface area (Å²) in [7, 11) is 0. The third-order valence-electron chi connectivity index (χ3n) is 4.94. The Balaban J connectivity index is 1.61. The van der Waals surface area contributed by atoms with E-state index in [2.05, 4.69) is 10.2 Å². The lowest BCUT2D eigenvalue weighted by Crippen LogP contribution is -2.33. The van der Waals surface area contributed by atoms with Gasteiger partial charge in [-0.2, -0.15) is 0 Å². The van der Waals surface area contributed by atoms with E-state index in [0.29, 0.717) is 12.1 Å². The fourth-order valence-corrected chi connectivity index (χ4v) is 3.55. The van der Waals surface area contributed by atoms with Gasteiger partial charge in [-0.25, -0.2) is 4.98 Å². The number of para-hydroxylation sites is 1. The van der Waals surface area contributed by atoms with Gasteiger partial charge in [-0.15, -0.1) is 0 Å². The highest BCUT2D eigenvalue weighted by atomic mass is 16.1. The number of rotatable bonds is 5. The highest BCUT2D eigenvalue weighted by Crippen LogP contribution is 2.24. The normalized spacial score (nSPS) is 14.6. The molecule has 0 atom stereocenters. The van der Waals surface area contributed by atoms with Gasteiger partial charge in [0.15, 0.2) is 0 Å². The number of nitrogens with zero attached hydrogens (tertiary/aromatic N) is 2. The molecule has 2 heterocycles. The van der Waals surface area contributed by atoms with Crippen LogP contribution in [0.4, 0.5) is 0 Å². The number of likely N-dealkylation sites (tertiary alicyclic amines) is 1. The summed E-state index contributed by atoms with van der Waals surface area (Å²) in [5.74, 6) is -0.0278. The summed E-state index contributed by atoms with van der Waals surface area (Å²) in [5, 5.41) is 3.98. The minimum atomic E-state index is -0.0278. The summed E-state index contributed by atoms with van der Waals surface area (Å²) < 4.78 is 0. The maximum absolute atomic E-state index is 12.9. The zero-order valence-electron chi connectivity index (χ0n) is 14.8. The monoisotopic (exact) mass is 345 g/mol. The van der Waals surface area contributed by atoms with E-state index in [1.807, 2.05) is 60.7 Å². The van der Waals surface area contributed by atoms with E-state index in [1.165, 1.54) is 12.8 Å². The lowest BCUT2D eigenvalue weighted by Gasteiger charge is -2.15. The first kappa shape index (κ1) is 16.7. The maximum Gasteiger partial charge on any atom is 0.252 e. The van der Waals surface area contributed by atoms with Gasteiger partial charge in [0.1, 0.15) is 0 Å². The van der Waals surface area contributed by atoms with Crippen LogP contribution in [0.25, 0.3) is 22.2 Å². The second-order valence-corrected chi connectivity index (χ2v) is 6.74. The van der Waals surface area contributed by atoms with Crippen molar-refractivity contribution in [2.24, 2.45) is 0 Å². The van der Waals surface area contributed by atoms with Crippen LogP contribution in [0, 0.1) is 0 Å². The molecule has 4 rings (SSSR count). The Morgan fingerprint density at radius 2 is 1.73 bits per heavy atom. The van der Waals surface area contributed by atoms with Crippen LogP contribution in [-0.2, 0) is 0 Å². The summed E-state index contributed by atoms with van der Waals surface area (Å²) in [6, 6.07) is 19.7. The van der Waals surface area contributed by atoms with Crippen LogP contribution in [-0.4, -0.2) is 42.0 Å². The number of carbonyl (C=O) groups is 1. The zero-order chi connectivity index (χ0) is 17.8. The van der Waals surface area contributed by atoms with E-state index in [0.717, 1.165) is 41.8 Å².